The van der Waals surface area contributed by atoms with Crippen LogP contribution in [0.3, 0.4) is 0 Å². The molecule has 2 bridgehead atoms. The summed E-state index contributed by atoms with van der Waals surface area (Å²) in [6.45, 7) is 1.68. The summed E-state index contributed by atoms with van der Waals surface area (Å²) in [5.74, 6) is 1.84. The zero-order chi connectivity index (χ0) is 18.8. The zero-order valence-corrected chi connectivity index (χ0v) is 16.3. The predicted octanol–water partition coefficient (Wildman–Crippen LogP) is 4.70. The largest absolute Gasteiger partial charge is 0.459 e. The SMILES string of the molecule is CC(=O)N(c1ccccc1)c1nc(COC(=O)C[C@H]2C[C@@H]3CC[C@@H]2C3)cs1. The van der Waals surface area contributed by atoms with Crippen molar-refractivity contribution in [2.75, 3.05) is 4.90 Å². The molecule has 0 saturated heterocycles. The Kier molecular flexibility index (Phi) is 5.25. The number of fused-ring (bicyclic) bond motifs is 2. The van der Waals surface area contributed by atoms with E-state index >= 15 is 0 Å². The lowest BCUT2D eigenvalue weighted by Crippen LogP contribution is -2.22. The van der Waals surface area contributed by atoms with Crippen LogP contribution in [-0.2, 0) is 20.9 Å². The van der Waals surface area contributed by atoms with E-state index in [9.17, 15) is 9.59 Å². The lowest BCUT2D eigenvalue weighted by molar-refractivity contribution is -0.146. The van der Waals surface area contributed by atoms with Gasteiger partial charge < -0.3 is 4.74 Å². The summed E-state index contributed by atoms with van der Waals surface area (Å²) < 4.78 is 5.46. The predicted molar refractivity (Wildman–Crippen MR) is 105 cm³/mol. The van der Waals surface area contributed by atoms with Crippen LogP contribution < -0.4 is 4.90 Å². The van der Waals surface area contributed by atoms with Crippen molar-refractivity contribution in [2.45, 2.75) is 45.6 Å². The van der Waals surface area contributed by atoms with Gasteiger partial charge in [0.25, 0.3) is 0 Å². The van der Waals surface area contributed by atoms with Crippen molar-refractivity contribution in [3.63, 3.8) is 0 Å². The number of amides is 1. The highest BCUT2D eigenvalue weighted by Gasteiger charge is 2.40. The number of hydrogen-bond donors (Lipinski definition) is 0. The number of carbonyl (C=O) groups is 2. The van der Waals surface area contributed by atoms with E-state index in [1.807, 2.05) is 35.7 Å². The number of benzene rings is 1. The fraction of sp³-hybridized carbons (Fsp3) is 0.476. The van der Waals surface area contributed by atoms with Gasteiger partial charge in [0, 0.05) is 18.7 Å². The van der Waals surface area contributed by atoms with Crippen LogP contribution in [0.5, 0.6) is 0 Å². The van der Waals surface area contributed by atoms with E-state index in [4.69, 9.17) is 4.74 Å². The van der Waals surface area contributed by atoms with Crippen LogP contribution in [0.1, 0.15) is 44.7 Å². The second kappa shape index (κ2) is 7.80. The normalized spacial score (nSPS) is 23.4. The van der Waals surface area contributed by atoms with Crippen molar-refractivity contribution < 1.29 is 14.3 Å². The van der Waals surface area contributed by atoms with Gasteiger partial charge in [-0.05, 0) is 49.1 Å². The first-order valence-corrected chi connectivity index (χ1v) is 10.4. The Morgan fingerprint density at radius 2 is 2.04 bits per heavy atom. The minimum absolute atomic E-state index is 0.101. The Morgan fingerprint density at radius 1 is 1.22 bits per heavy atom. The van der Waals surface area contributed by atoms with Crippen LogP contribution in [0.15, 0.2) is 35.7 Å². The molecule has 5 nitrogen and oxygen atoms in total. The molecule has 0 radical (unpaired) electrons. The Morgan fingerprint density at radius 3 is 2.70 bits per heavy atom. The molecule has 0 spiro atoms. The van der Waals surface area contributed by atoms with Crippen molar-refractivity contribution in [3.8, 4) is 0 Å². The van der Waals surface area contributed by atoms with Crippen molar-refractivity contribution in [2.24, 2.45) is 17.8 Å². The maximum Gasteiger partial charge on any atom is 0.306 e. The van der Waals surface area contributed by atoms with E-state index in [1.54, 1.807) is 4.90 Å². The van der Waals surface area contributed by atoms with Crippen LogP contribution >= 0.6 is 11.3 Å². The molecule has 0 aliphatic heterocycles. The maximum absolute atomic E-state index is 12.2. The first-order chi connectivity index (χ1) is 13.1. The summed E-state index contributed by atoms with van der Waals surface area (Å²) in [7, 11) is 0. The second-order valence-electron chi connectivity index (χ2n) is 7.61. The highest BCUT2D eigenvalue weighted by atomic mass is 32.1. The molecule has 2 aliphatic carbocycles. The zero-order valence-electron chi connectivity index (χ0n) is 15.5. The van der Waals surface area contributed by atoms with Gasteiger partial charge in [-0.15, -0.1) is 11.3 Å². The standard InChI is InChI=1S/C21H24N2O3S/c1-14(24)23(19-5-3-2-4-6-19)21-22-18(13-27-21)12-26-20(25)11-17-10-15-7-8-16(17)9-15/h2-6,13,15-17H,7-12H2,1H3/t15-,16-,17-/m1/s1. The Bertz CT molecular complexity index is 820. The molecule has 2 fully saturated rings. The van der Waals surface area contributed by atoms with Gasteiger partial charge in [0.15, 0.2) is 5.13 Å². The van der Waals surface area contributed by atoms with Gasteiger partial charge in [0.2, 0.25) is 5.91 Å². The van der Waals surface area contributed by atoms with Gasteiger partial charge in [-0.1, -0.05) is 24.6 Å². The third-order valence-electron chi connectivity index (χ3n) is 5.75. The number of rotatable bonds is 6. The average molecular weight is 385 g/mol. The van der Waals surface area contributed by atoms with E-state index in [0.717, 1.165) is 17.5 Å². The summed E-state index contributed by atoms with van der Waals surface area (Å²) in [5.41, 5.74) is 1.46. The molecule has 4 rings (SSSR count). The number of aromatic nitrogens is 1. The molecule has 27 heavy (non-hydrogen) atoms. The average Bonchev–Trinajstić information content (AvgIpc) is 3.38. The van der Waals surface area contributed by atoms with Crippen LogP contribution in [0.2, 0.25) is 0 Å². The molecule has 2 aromatic rings. The molecule has 1 amide bonds. The highest BCUT2D eigenvalue weighted by Crippen LogP contribution is 2.49. The smallest absolute Gasteiger partial charge is 0.306 e. The monoisotopic (exact) mass is 384 g/mol. The van der Waals surface area contributed by atoms with Crippen molar-refractivity contribution in [1.29, 1.82) is 0 Å². The third-order valence-corrected chi connectivity index (χ3v) is 6.63. The molecule has 142 valence electrons. The van der Waals surface area contributed by atoms with Crippen LogP contribution in [0.25, 0.3) is 0 Å². The first-order valence-electron chi connectivity index (χ1n) is 9.56. The number of thiazole rings is 1. The molecule has 1 heterocycles. The number of ether oxygens (including phenoxy) is 1. The highest BCUT2D eigenvalue weighted by molar-refractivity contribution is 7.14. The number of esters is 1. The number of anilines is 2. The van der Waals surface area contributed by atoms with Crippen LogP contribution in [-0.4, -0.2) is 16.9 Å². The van der Waals surface area contributed by atoms with E-state index in [1.165, 1.54) is 43.9 Å². The molecule has 3 atom stereocenters. The minimum Gasteiger partial charge on any atom is -0.459 e. The quantitative estimate of drug-likeness (QED) is 0.678. The molecular formula is C21H24N2O3S. The van der Waals surface area contributed by atoms with Gasteiger partial charge >= 0.3 is 5.97 Å². The van der Waals surface area contributed by atoms with E-state index < -0.39 is 0 Å². The molecule has 2 saturated carbocycles. The number of para-hydroxylation sites is 1. The van der Waals surface area contributed by atoms with Crippen molar-refractivity contribution in [1.82, 2.24) is 4.98 Å². The van der Waals surface area contributed by atoms with E-state index in [-0.39, 0.29) is 18.5 Å². The molecule has 1 aromatic heterocycles. The topological polar surface area (TPSA) is 59.5 Å². The molecule has 1 aromatic carbocycles. The second-order valence-corrected chi connectivity index (χ2v) is 8.45. The van der Waals surface area contributed by atoms with E-state index in [0.29, 0.717) is 23.2 Å². The summed E-state index contributed by atoms with van der Waals surface area (Å²) in [6, 6.07) is 9.43. The van der Waals surface area contributed by atoms with Gasteiger partial charge in [-0.25, -0.2) is 4.98 Å². The molecule has 0 N–H and O–H groups in total. The Labute approximate surface area is 163 Å². The van der Waals surface area contributed by atoms with Gasteiger partial charge in [0.1, 0.15) is 6.61 Å². The van der Waals surface area contributed by atoms with Gasteiger partial charge in [-0.3, -0.25) is 14.5 Å². The fourth-order valence-electron chi connectivity index (χ4n) is 4.52. The fourth-order valence-corrected chi connectivity index (χ4v) is 5.39. The number of hydrogen-bond acceptors (Lipinski definition) is 5. The van der Waals surface area contributed by atoms with E-state index in [2.05, 4.69) is 4.98 Å². The molecule has 0 unspecified atom stereocenters. The third kappa shape index (κ3) is 4.05. The maximum atomic E-state index is 12.2. The van der Waals surface area contributed by atoms with Crippen LogP contribution in [0, 0.1) is 17.8 Å². The van der Waals surface area contributed by atoms with Gasteiger partial charge in [0.05, 0.1) is 11.4 Å². The Hall–Kier alpha value is -2.21. The number of nitrogens with zero attached hydrogens (tertiary/aromatic N) is 2. The summed E-state index contributed by atoms with van der Waals surface area (Å²) in [4.78, 5) is 30.4. The van der Waals surface area contributed by atoms with Crippen molar-refractivity contribution in [3.05, 3.63) is 41.4 Å². The minimum atomic E-state index is -0.131. The first kappa shape index (κ1) is 18.2. The van der Waals surface area contributed by atoms with Crippen molar-refractivity contribution >= 4 is 34.0 Å². The summed E-state index contributed by atoms with van der Waals surface area (Å²) in [5, 5.41) is 2.44. The summed E-state index contributed by atoms with van der Waals surface area (Å²) in [6.07, 6.45) is 5.63. The lowest BCUT2D eigenvalue weighted by Gasteiger charge is -2.20. The molecular weight excluding hydrogens is 360 g/mol. The molecule has 6 heteroatoms. The lowest BCUT2D eigenvalue weighted by atomic mass is 9.86. The Balaban J connectivity index is 1.35. The van der Waals surface area contributed by atoms with Crippen LogP contribution in [0.4, 0.5) is 10.8 Å². The summed E-state index contributed by atoms with van der Waals surface area (Å²) >= 11 is 1.38. The molecule has 2 aliphatic rings. The van der Waals surface area contributed by atoms with Gasteiger partial charge in [-0.2, -0.15) is 0 Å². The number of carbonyl (C=O) groups excluding carboxylic acids is 2.